The van der Waals surface area contributed by atoms with E-state index in [4.69, 9.17) is 5.11 Å². The summed E-state index contributed by atoms with van der Waals surface area (Å²) < 4.78 is 0. The first-order valence-corrected chi connectivity index (χ1v) is 4.29. The van der Waals surface area contributed by atoms with Gasteiger partial charge in [0, 0.05) is 18.3 Å². The molecular formula is C10H13NO3. The molecule has 0 bridgehead atoms. The van der Waals surface area contributed by atoms with Gasteiger partial charge in [0.05, 0.1) is 0 Å². The fourth-order valence-corrected chi connectivity index (χ4v) is 1.12. The Labute approximate surface area is 82.2 Å². The maximum Gasteiger partial charge on any atom is 0.335 e. The highest BCUT2D eigenvalue weighted by Gasteiger charge is 2.30. The van der Waals surface area contributed by atoms with E-state index >= 15 is 0 Å². The van der Waals surface area contributed by atoms with Crippen molar-refractivity contribution in [3.05, 3.63) is 29.6 Å². The zero-order valence-electron chi connectivity index (χ0n) is 8.19. The number of carboxylic acid groups (broad SMARTS) is 1. The number of aromatic nitrogens is 1. The quantitative estimate of drug-likeness (QED) is 0.747. The Morgan fingerprint density at radius 1 is 1.64 bits per heavy atom. The predicted octanol–water partition coefficient (Wildman–Crippen LogP) is 0.768. The molecule has 4 heteroatoms. The van der Waals surface area contributed by atoms with E-state index in [1.165, 1.54) is 6.92 Å². The van der Waals surface area contributed by atoms with Crippen LogP contribution in [0.3, 0.4) is 0 Å². The average Bonchev–Trinajstić information content (AvgIpc) is 2.02. The minimum absolute atomic E-state index is 0.0179. The molecule has 0 aliphatic carbocycles. The summed E-state index contributed by atoms with van der Waals surface area (Å²) in [5.41, 5.74) is -0.172. The number of carbonyl (C=O) groups is 1. The molecule has 0 saturated heterocycles. The number of carboxylic acids is 1. The standard InChI is InChI=1S/C10H13NO3/c1-7-3-4-11-8(5-7)6-10(2,14)9(12)13/h3-5,14H,6H2,1-2H3,(H,12,13). The average molecular weight is 195 g/mol. The minimum atomic E-state index is -1.75. The Bertz CT molecular complexity index is 347. The summed E-state index contributed by atoms with van der Waals surface area (Å²) in [5, 5.41) is 18.2. The minimum Gasteiger partial charge on any atom is -0.479 e. The molecule has 1 rings (SSSR count). The fraction of sp³-hybridized carbons (Fsp3) is 0.400. The highest BCUT2D eigenvalue weighted by molar-refractivity contribution is 5.76. The van der Waals surface area contributed by atoms with Gasteiger partial charge in [0.15, 0.2) is 5.60 Å². The van der Waals surface area contributed by atoms with Crippen molar-refractivity contribution >= 4 is 5.97 Å². The first-order chi connectivity index (χ1) is 6.42. The second-order valence-corrected chi connectivity index (χ2v) is 3.58. The second-order valence-electron chi connectivity index (χ2n) is 3.58. The molecule has 0 fully saturated rings. The van der Waals surface area contributed by atoms with E-state index in [1.807, 2.05) is 13.0 Å². The normalized spacial score (nSPS) is 14.8. The van der Waals surface area contributed by atoms with Crippen molar-refractivity contribution in [2.45, 2.75) is 25.9 Å². The molecule has 4 nitrogen and oxygen atoms in total. The molecule has 1 heterocycles. The smallest absolute Gasteiger partial charge is 0.335 e. The van der Waals surface area contributed by atoms with Crippen molar-refractivity contribution < 1.29 is 15.0 Å². The Kier molecular flexibility index (Phi) is 2.86. The van der Waals surface area contributed by atoms with Gasteiger partial charge in [-0.15, -0.1) is 0 Å². The lowest BCUT2D eigenvalue weighted by Gasteiger charge is -2.16. The molecule has 0 amide bonds. The Balaban J connectivity index is 2.83. The molecule has 0 aromatic carbocycles. The molecule has 1 aromatic rings. The van der Waals surface area contributed by atoms with Gasteiger partial charge in [-0.05, 0) is 31.5 Å². The van der Waals surface area contributed by atoms with Gasteiger partial charge < -0.3 is 10.2 Å². The van der Waals surface area contributed by atoms with Crippen LogP contribution in [0.25, 0.3) is 0 Å². The third-order valence-corrected chi connectivity index (χ3v) is 1.96. The summed E-state index contributed by atoms with van der Waals surface area (Å²) in [4.78, 5) is 14.6. The Morgan fingerprint density at radius 2 is 2.29 bits per heavy atom. The number of hydrogen-bond acceptors (Lipinski definition) is 3. The summed E-state index contributed by atoms with van der Waals surface area (Å²) in [5.74, 6) is -1.24. The molecule has 0 spiro atoms. The summed E-state index contributed by atoms with van der Waals surface area (Å²) >= 11 is 0. The third kappa shape index (κ3) is 2.53. The highest BCUT2D eigenvalue weighted by atomic mass is 16.4. The molecule has 0 aliphatic rings. The molecule has 14 heavy (non-hydrogen) atoms. The van der Waals surface area contributed by atoms with Crippen LogP contribution in [-0.2, 0) is 11.2 Å². The summed E-state index contributed by atoms with van der Waals surface area (Å²) in [7, 11) is 0. The maximum atomic E-state index is 10.6. The lowest BCUT2D eigenvalue weighted by Crippen LogP contribution is -2.37. The van der Waals surface area contributed by atoms with E-state index in [2.05, 4.69) is 4.98 Å². The van der Waals surface area contributed by atoms with Crippen molar-refractivity contribution in [2.75, 3.05) is 0 Å². The van der Waals surface area contributed by atoms with Crippen LogP contribution < -0.4 is 0 Å². The molecule has 1 atom stereocenters. The van der Waals surface area contributed by atoms with Crippen LogP contribution in [0.5, 0.6) is 0 Å². The van der Waals surface area contributed by atoms with Crippen LogP contribution in [0, 0.1) is 6.92 Å². The highest BCUT2D eigenvalue weighted by Crippen LogP contribution is 2.12. The largest absolute Gasteiger partial charge is 0.479 e. The van der Waals surface area contributed by atoms with Crippen LogP contribution in [0.2, 0.25) is 0 Å². The van der Waals surface area contributed by atoms with Crippen LogP contribution in [-0.4, -0.2) is 26.8 Å². The third-order valence-electron chi connectivity index (χ3n) is 1.96. The predicted molar refractivity (Wildman–Crippen MR) is 50.9 cm³/mol. The summed E-state index contributed by atoms with van der Waals surface area (Å²) in [6.45, 7) is 3.15. The fourth-order valence-electron chi connectivity index (χ4n) is 1.12. The number of rotatable bonds is 3. The zero-order chi connectivity index (χ0) is 10.8. The number of pyridine rings is 1. The molecule has 0 aliphatic heterocycles. The number of aliphatic hydroxyl groups is 1. The molecule has 2 N–H and O–H groups in total. The van der Waals surface area contributed by atoms with E-state index in [0.29, 0.717) is 5.69 Å². The molecule has 0 radical (unpaired) electrons. The van der Waals surface area contributed by atoms with E-state index in [0.717, 1.165) is 5.56 Å². The second kappa shape index (κ2) is 3.75. The van der Waals surface area contributed by atoms with E-state index in [-0.39, 0.29) is 6.42 Å². The van der Waals surface area contributed by atoms with E-state index in [1.54, 1.807) is 12.3 Å². The van der Waals surface area contributed by atoms with Gasteiger partial charge in [0.25, 0.3) is 0 Å². The summed E-state index contributed by atoms with van der Waals surface area (Å²) in [6, 6.07) is 3.58. The number of aliphatic carboxylic acids is 1. The van der Waals surface area contributed by atoms with Crippen LogP contribution in [0.15, 0.2) is 18.3 Å². The molecule has 0 saturated carbocycles. The van der Waals surface area contributed by atoms with Crippen LogP contribution in [0.1, 0.15) is 18.2 Å². The molecule has 76 valence electrons. The molecule has 1 aromatic heterocycles. The van der Waals surface area contributed by atoms with Gasteiger partial charge in [-0.3, -0.25) is 4.98 Å². The van der Waals surface area contributed by atoms with Gasteiger partial charge in [-0.1, -0.05) is 0 Å². The van der Waals surface area contributed by atoms with Crippen molar-refractivity contribution in [1.29, 1.82) is 0 Å². The topological polar surface area (TPSA) is 70.4 Å². The van der Waals surface area contributed by atoms with Crippen LogP contribution >= 0.6 is 0 Å². The monoisotopic (exact) mass is 195 g/mol. The number of nitrogens with zero attached hydrogens (tertiary/aromatic N) is 1. The zero-order valence-corrected chi connectivity index (χ0v) is 8.19. The van der Waals surface area contributed by atoms with Gasteiger partial charge in [-0.2, -0.15) is 0 Å². The lowest BCUT2D eigenvalue weighted by molar-refractivity contribution is -0.156. The molecule has 1 unspecified atom stereocenters. The summed E-state index contributed by atoms with van der Waals surface area (Å²) in [6.07, 6.45) is 1.62. The van der Waals surface area contributed by atoms with Gasteiger partial charge >= 0.3 is 5.97 Å². The maximum absolute atomic E-state index is 10.6. The van der Waals surface area contributed by atoms with Crippen molar-refractivity contribution in [1.82, 2.24) is 4.98 Å². The van der Waals surface area contributed by atoms with Crippen molar-refractivity contribution in [3.8, 4) is 0 Å². The van der Waals surface area contributed by atoms with E-state index < -0.39 is 11.6 Å². The first-order valence-electron chi connectivity index (χ1n) is 4.29. The SMILES string of the molecule is Cc1ccnc(CC(C)(O)C(=O)O)c1. The van der Waals surface area contributed by atoms with Gasteiger partial charge in [0.2, 0.25) is 0 Å². The van der Waals surface area contributed by atoms with Gasteiger partial charge in [0.1, 0.15) is 0 Å². The lowest BCUT2D eigenvalue weighted by atomic mass is 9.99. The van der Waals surface area contributed by atoms with Crippen molar-refractivity contribution in [2.24, 2.45) is 0 Å². The first kappa shape index (κ1) is 10.7. The van der Waals surface area contributed by atoms with Crippen molar-refractivity contribution in [3.63, 3.8) is 0 Å². The number of hydrogen-bond donors (Lipinski definition) is 2. The van der Waals surface area contributed by atoms with Crippen LogP contribution in [0.4, 0.5) is 0 Å². The Hall–Kier alpha value is -1.42. The number of aryl methyl sites for hydroxylation is 1. The Morgan fingerprint density at radius 3 is 2.79 bits per heavy atom. The van der Waals surface area contributed by atoms with E-state index in [9.17, 15) is 9.90 Å². The molecular weight excluding hydrogens is 182 g/mol. The van der Waals surface area contributed by atoms with Gasteiger partial charge in [-0.25, -0.2) is 4.79 Å².